The Morgan fingerprint density at radius 2 is 1.62 bits per heavy atom. The van der Waals surface area contributed by atoms with Gasteiger partial charge in [-0.2, -0.15) is 4.73 Å². The van der Waals surface area contributed by atoms with Gasteiger partial charge >= 0.3 is 0 Å². The van der Waals surface area contributed by atoms with Gasteiger partial charge in [-0.25, -0.2) is 0 Å². The second-order valence-electron chi connectivity index (χ2n) is 8.41. The molecule has 3 aromatic heterocycles. The van der Waals surface area contributed by atoms with Crippen molar-refractivity contribution >= 4 is 5.91 Å². The van der Waals surface area contributed by atoms with Crippen molar-refractivity contribution in [3.63, 3.8) is 0 Å². The summed E-state index contributed by atoms with van der Waals surface area (Å²) in [5.41, 5.74) is 4.94. The standard InChI is InChI=1S/C25H29N5O2/c1-19-6-3-11-26-23(19)17-29(18-24-20(2)7-4-12-27-24)22-9-14-28(15-10-22)25(31)21-8-5-13-30(32)16-21/h3-8,11-13,16,22H,9-10,14-15,17-18H2,1-2H3. The Morgan fingerprint density at radius 3 is 2.16 bits per heavy atom. The molecule has 4 rings (SSSR count). The normalized spacial score (nSPS) is 14.7. The number of amides is 1. The third kappa shape index (κ3) is 5.11. The first-order chi connectivity index (χ1) is 15.5. The van der Waals surface area contributed by atoms with Gasteiger partial charge in [-0.15, -0.1) is 0 Å². The molecule has 0 bridgehead atoms. The van der Waals surface area contributed by atoms with E-state index in [1.807, 2.05) is 29.4 Å². The number of hydrogen-bond donors (Lipinski definition) is 0. The predicted molar refractivity (Wildman–Crippen MR) is 122 cm³/mol. The van der Waals surface area contributed by atoms with Crippen molar-refractivity contribution in [3.8, 4) is 0 Å². The van der Waals surface area contributed by atoms with Crippen molar-refractivity contribution in [1.29, 1.82) is 0 Å². The molecule has 0 radical (unpaired) electrons. The first-order valence-electron chi connectivity index (χ1n) is 11.0. The number of rotatable bonds is 6. The molecular formula is C25H29N5O2. The number of piperidine rings is 1. The average molecular weight is 432 g/mol. The zero-order valence-electron chi connectivity index (χ0n) is 18.6. The minimum absolute atomic E-state index is 0.0821. The number of likely N-dealkylation sites (tertiary alicyclic amines) is 1. The Bertz CT molecular complexity index is 1030. The molecule has 0 spiro atoms. The van der Waals surface area contributed by atoms with Crippen LogP contribution in [0.15, 0.2) is 61.2 Å². The van der Waals surface area contributed by atoms with Crippen LogP contribution in [-0.4, -0.2) is 44.8 Å². The van der Waals surface area contributed by atoms with Gasteiger partial charge in [0, 0.05) is 50.7 Å². The van der Waals surface area contributed by atoms with E-state index in [1.165, 1.54) is 23.5 Å². The van der Waals surface area contributed by atoms with Crippen LogP contribution < -0.4 is 4.73 Å². The van der Waals surface area contributed by atoms with Crippen LogP contribution in [0.3, 0.4) is 0 Å². The minimum atomic E-state index is -0.0821. The van der Waals surface area contributed by atoms with E-state index in [2.05, 4.69) is 40.8 Å². The molecule has 0 atom stereocenters. The second-order valence-corrected chi connectivity index (χ2v) is 8.41. The largest absolute Gasteiger partial charge is 0.619 e. The van der Waals surface area contributed by atoms with Crippen LogP contribution in [0.25, 0.3) is 0 Å². The highest BCUT2D eigenvalue weighted by Crippen LogP contribution is 2.23. The van der Waals surface area contributed by atoms with E-state index >= 15 is 0 Å². The van der Waals surface area contributed by atoms with Crippen molar-refractivity contribution in [2.45, 2.75) is 45.8 Å². The predicted octanol–water partition coefficient (Wildman–Crippen LogP) is 3.03. The van der Waals surface area contributed by atoms with Crippen molar-refractivity contribution < 1.29 is 9.52 Å². The Morgan fingerprint density at radius 1 is 1.03 bits per heavy atom. The Hall–Kier alpha value is -3.32. The number of hydrogen-bond acceptors (Lipinski definition) is 5. The second kappa shape index (κ2) is 9.87. The highest BCUT2D eigenvalue weighted by molar-refractivity contribution is 5.93. The van der Waals surface area contributed by atoms with Crippen molar-refractivity contribution in [2.75, 3.05) is 13.1 Å². The molecule has 0 aliphatic carbocycles. The highest BCUT2D eigenvalue weighted by atomic mass is 16.5. The van der Waals surface area contributed by atoms with Gasteiger partial charge < -0.3 is 10.1 Å². The molecule has 7 heteroatoms. The lowest BCUT2D eigenvalue weighted by Gasteiger charge is -2.38. The SMILES string of the molecule is Cc1cccnc1CN(Cc1ncccc1C)C1CCN(C(=O)c2ccc[n+]([O-])c2)CC1. The number of carbonyl (C=O) groups is 1. The third-order valence-electron chi connectivity index (χ3n) is 6.23. The summed E-state index contributed by atoms with van der Waals surface area (Å²) >= 11 is 0. The van der Waals surface area contributed by atoms with E-state index in [4.69, 9.17) is 0 Å². The molecule has 166 valence electrons. The molecule has 0 aromatic carbocycles. The molecule has 1 fully saturated rings. The molecule has 0 unspecified atom stereocenters. The van der Waals surface area contributed by atoms with Crippen molar-refractivity contribution in [2.24, 2.45) is 0 Å². The van der Waals surface area contributed by atoms with Gasteiger partial charge in [0.1, 0.15) is 5.56 Å². The van der Waals surface area contributed by atoms with Gasteiger partial charge in [-0.3, -0.25) is 19.7 Å². The van der Waals surface area contributed by atoms with Crippen LogP contribution in [-0.2, 0) is 13.1 Å². The van der Waals surface area contributed by atoms with Crippen molar-refractivity contribution in [3.05, 3.63) is 94.5 Å². The van der Waals surface area contributed by atoms with Gasteiger partial charge in [-0.1, -0.05) is 12.1 Å². The number of carbonyl (C=O) groups excluding carboxylic acids is 1. The summed E-state index contributed by atoms with van der Waals surface area (Å²) in [5.74, 6) is -0.0821. The lowest BCUT2D eigenvalue weighted by molar-refractivity contribution is -0.605. The topological polar surface area (TPSA) is 76.3 Å². The van der Waals surface area contributed by atoms with Gasteiger partial charge in [0.25, 0.3) is 5.91 Å². The molecule has 7 nitrogen and oxygen atoms in total. The summed E-state index contributed by atoms with van der Waals surface area (Å²) in [5, 5.41) is 11.5. The minimum Gasteiger partial charge on any atom is -0.619 e. The summed E-state index contributed by atoms with van der Waals surface area (Å²) in [6, 6.07) is 11.7. The Kier molecular flexibility index (Phi) is 6.75. The quantitative estimate of drug-likeness (QED) is 0.443. The zero-order chi connectivity index (χ0) is 22.5. The van der Waals surface area contributed by atoms with Gasteiger partial charge in [0.15, 0.2) is 12.4 Å². The molecule has 1 aliphatic heterocycles. The fraction of sp³-hybridized carbons (Fsp3) is 0.360. The number of pyridine rings is 3. The smallest absolute Gasteiger partial charge is 0.259 e. The van der Waals surface area contributed by atoms with E-state index in [1.54, 1.807) is 12.1 Å². The first kappa shape index (κ1) is 21.9. The summed E-state index contributed by atoms with van der Waals surface area (Å²) < 4.78 is 0.673. The van der Waals surface area contributed by atoms with Crippen LogP contribution in [0.4, 0.5) is 0 Å². The molecule has 4 heterocycles. The number of aromatic nitrogens is 3. The molecule has 0 N–H and O–H groups in total. The molecular weight excluding hydrogens is 402 g/mol. The van der Waals surface area contributed by atoms with Crippen molar-refractivity contribution in [1.82, 2.24) is 19.8 Å². The third-order valence-corrected chi connectivity index (χ3v) is 6.23. The van der Waals surface area contributed by atoms with Crippen LogP contribution >= 0.6 is 0 Å². The number of nitrogens with zero attached hydrogens (tertiary/aromatic N) is 5. The van der Waals surface area contributed by atoms with Crippen LogP contribution in [0.2, 0.25) is 0 Å². The fourth-order valence-corrected chi connectivity index (χ4v) is 4.26. The summed E-state index contributed by atoms with van der Waals surface area (Å²) in [6.07, 6.45) is 8.15. The molecule has 32 heavy (non-hydrogen) atoms. The average Bonchev–Trinajstić information content (AvgIpc) is 2.81. The summed E-state index contributed by atoms with van der Waals surface area (Å²) in [4.78, 5) is 26.4. The first-order valence-corrected chi connectivity index (χ1v) is 11.0. The maximum absolute atomic E-state index is 12.8. The maximum atomic E-state index is 12.8. The Labute approximate surface area is 188 Å². The zero-order valence-corrected chi connectivity index (χ0v) is 18.6. The molecule has 3 aromatic rings. The van der Waals surface area contributed by atoms with Crippen LogP contribution in [0.1, 0.15) is 45.7 Å². The van der Waals surface area contributed by atoms with E-state index in [0.29, 0.717) is 29.4 Å². The van der Waals surface area contributed by atoms with E-state index in [0.717, 1.165) is 37.3 Å². The highest BCUT2D eigenvalue weighted by Gasteiger charge is 2.29. The summed E-state index contributed by atoms with van der Waals surface area (Å²) in [6.45, 7) is 7.00. The monoisotopic (exact) mass is 431 g/mol. The molecule has 1 saturated heterocycles. The molecule has 0 saturated carbocycles. The van der Waals surface area contributed by atoms with E-state index < -0.39 is 0 Å². The summed E-state index contributed by atoms with van der Waals surface area (Å²) in [7, 11) is 0. The van der Waals surface area contributed by atoms with Crippen LogP contribution in [0, 0.1) is 19.1 Å². The van der Waals surface area contributed by atoms with Gasteiger partial charge in [0.2, 0.25) is 0 Å². The number of aryl methyl sites for hydroxylation is 2. The maximum Gasteiger partial charge on any atom is 0.259 e. The molecule has 1 amide bonds. The fourth-order valence-electron chi connectivity index (χ4n) is 4.26. The lowest BCUT2D eigenvalue weighted by Crippen LogP contribution is -2.46. The van der Waals surface area contributed by atoms with Gasteiger partial charge in [0.05, 0.1) is 11.4 Å². The Balaban J connectivity index is 1.48. The van der Waals surface area contributed by atoms with E-state index in [9.17, 15) is 10.0 Å². The van der Waals surface area contributed by atoms with Gasteiger partial charge in [-0.05, 0) is 56.0 Å². The lowest BCUT2D eigenvalue weighted by atomic mass is 10.0. The van der Waals surface area contributed by atoms with E-state index in [-0.39, 0.29) is 5.91 Å². The molecule has 1 aliphatic rings. The van der Waals surface area contributed by atoms with Crippen LogP contribution in [0.5, 0.6) is 0 Å².